The van der Waals surface area contributed by atoms with Crippen molar-refractivity contribution in [2.75, 3.05) is 10.8 Å². The van der Waals surface area contributed by atoms with Crippen LogP contribution in [0.2, 0.25) is 0 Å². The van der Waals surface area contributed by atoms with Crippen LogP contribution >= 0.6 is 0 Å². The van der Waals surface area contributed by atoms with E-state index in [1.54, 1.807) is 42.5 Å². The van der Waals surface area contributed by atoms with Crippen molar-refractivity contribution in [2.45, 2.75) is 42.7 Å². The Morgan fingerprint density at radius 1 is 1.06 bits per heavy atom. The van der Waals surface area contributed by atoms with E-state index in [0.29, 0.717) is 23.0 Å². The van der Waals surface area contributed by atoms with Crippen LogP contribution in [-0.2, 0) is 26.0 Å². The van der Waals surface area contributed by atoms with E-state index in [2.05, 4.69) is 5.43 Å². The smallest absolute Gasteiger partial charge is 0.303 e. The quantitative estimate of drug-likeness (QED) is 0.266. The van der Waals surface area contributed by atoms with E-state index < -0.39 is 21.7 Å². The summed E-state index contributed by atoms with van der Waals surface area (Å²) in [5.74, 6) is -1.52. The highest BCUT2D eigenvalue weighted by Gasteiger charge is 2.25. The van der Waals surface area contributed by atoms with Gasteiger partial charge in [-0.05, 0) is 60.4 Å². The number of carbonyl (C=O) groups is 2. The number of amides is 1. The molecule has 1 aliphatic rings. The molecule has 1 aliphatic carbocycles. The lowest BCUT2D eigenvalue weighted by molar-refractivity contribution is -0.137. The number of nitrogens with one attached hydrogen (secondary N) is 1. The van der Waals surface area contributed by atoms with Gasteiger partial charge in [-0.3, -0.25) is 9.59 Å². The summed E-state index contributed by atoms with van der Waals surface area (Å²) < 4.78 is 31.9. The molecule has 2 N–H and O–H groups in total. The van der Waals surface area contributed by atoms with Crippen molar-refractivity contribution in [3.63, 3.8) is 0 Å². The van der Waals surface area contributed by atoms with Crippen LogP contribution in [0.25, 0.3) is 0 Å². The van der Waals surface area contributed by atoms with Gasteiger partial charge >= 0.3 is 5.97 Å². The number of nitrogens with zero attached hydrogens (tertiary/aromatic N) is 1. The van der Waals surface area contributed by atoms with Crippen molar-refractivity contribution in [3.05, 3.63) is 90.0 Å². The average Bonchev–Trinajstić information content (AvgIpc) is 3.70. The van der Waals surface area contributed by atoms with E-state index in [0.717, 1.165) is 24.8 Å². The predicted octanol–water partition coefficient (Wildman–Crippen LogP) is 3.93. The summed E-state index contributed by atoms with van der Waals surface area (Å²) in [5.41, 5.74) is 5.39. The molecule has 9 heteroatoms. The molecule has 188 valence electrons. The zero-order chi connectivity index (χ0) is 25.5. The second-order valence-corrected chi connectivity index (χ2v) is 10.8. The zero-order valence-corrected chi connectivity index (χ0v) is 20.4. The molecule has 4 rings (SSSR count). The lowest BCUT2D eigenvalue weighted by Crippen LogP contribution is -2.38. The number of ether oxygens (including phenoxy) is 1. The highest BCUT2D eigenvalue weighted by Crippen LogP contribution is 2.27. The Balaban J connectivity index is 1.40. The Morgan fingerprint density at radius 3 is 2.42 bits per heavy atom. The molecule has 0 aliphatic heterocycles. The first kappa shape index (κ1) is 25.4. The summed E-state index contributed by atoms with van der Waals surface area (Å²) in [6, 6.07) is 22.7. The number of hydrazine groups is 1. The van der Waals surface area contributed by atoms with Gasteiger partial charge in [0.05, 0.1) is 22.8 Å². The highest BCUT2D eigenvalue weighted by molar-refractivity contribution is 7.91. The largest absolute Gasteiger partial charge is 0.489 e. The molecule has 0 heterocycles. The maximum absolute atomic E-state index is 13.0. The molecule has 36 heavy (non-hydrogen) atoms. The lowest BCUT2D eigenvalue weighted by Gasteiger charge is -2.19. The first-order valence-corrected chi connectivity index (χ1v) is 13.3. The van der Waals surface area contributed by atoms with Crippen LogP contribution in [0.5, 0.6) is 5.75 Å². The number of hydrogen-bond donors (Lipinski definition) is 2. The summed E-state index contributed by atoms with van der Waals surface area (Å²) in [7, 11) is -3.72. The molecule has 1 atom stereocenters. The van der Waals surface area contributed by atoms with Gasteiger partial charge in [0.15, 0.2) is 9.84 Å². The third-order valence-corrected chi connectivity index (χ3v) is 7.73. The van der Waals surface area contributed by atoms with Crippen LogP contribution in [0, 0.1) is 0 Å². The maximum atomic E-state index is 13.0. The van der Waals surface area contributed by atoms with Gasteiger partial charge in [-0.15, -0.1) is 0 Å². The summed E-state index contributed by atoms with van der Waals surface area (Å²) in [6.07, 6.45) is 2.56. The van der Waals surface area contributed by atoms with Crippen molar-refractivity contribution in [2.24, 2.45) is 0 Å². The molecule has 1 fully saturated rings. The fourth-order valence-corrected chi connectivity index (χ4v) is 5.43. The van der Waals surface area contributed by atoms with Gasteiger partial charge in [0, 0.05) is 12.0 Å². The highest BCUT2D eigenvalue weighted by atomic mass is 32.2. The number of hydrogen-bond acceptors (Lipinski definition) is 6. The van der Waals surface area contributed by atoms with E-state index in [1.165, 1.54) is 17.1 Å². The summed E-state index contributed by atoms with van der Waals surface area (Å²) in [6.45, 7) is 0.241. The van der Waals surface area contributed by atoms with Crippen molar-refractivity contribution in [3.8, 4) is 5.75 Å². The number of aliphatic carboxylic acids is 1. The predicted molar refractivity (Wildman–Crippen MR) is 135 cm³/mol. The third kappa shape index (κ3) is 6.93. The van der Waals surface area contributed by atoms with Crippen LogP contribution < -0.4 is 15.2 Å². The second kappa shape index (κ2) is 11.4. The van der Waals surface area contributed by atoms with Gasteiger partial charge in [0.1, 0.15) is 12.4 Å². The van der Waals surface area contributed by atoms with Gasteiger partial charge in [-0.2, -0.15) is 0 Å². The van der Waals surface area contributed by atoms with Crippen LogP contribution in [0.1, 0.15) is 36.3 Å². The number of carbonyl (C=O) groups excluding carboxylic acids is 1. The molecular weight excluding hydrogens is 480 g/mol. The molecule has 0 spiro atoms. The van der Waals surface area contributed by atoms with E-state index in [9.17, 15) is 23.1 Å². The summed E-state index contributed by atoms with van der Waals surface area (Å²) >= 11 is 0. The molecule has 1 unspecified atom stereocenters. The van der Waals surface area contributed by atoms with Crippen molar-refractivity contribution >= 4 is 27.9 Å². The minimum Gasteiger partial charge on any atom is -0.489 e. The van der Waals surface area contributed by atoms with E-state index in [-0.39, 0.29) is 23.7 Å². The molecule has 0 bridgehead atoms. The standard InChI is InChI=1S/C27H28N2O6S/c30-19-29(28-23-9-10-23)24-8-4-5-20(15-24)17-35-25-11-13-26(14-12-25)36(33,34)18-22(16-27(31)32)21-6-2-1-3-7-21/h1-8,11-15,19,22-23,28H,9-10,16-18H2,(H,31,32). The number of sulfone groups is 1. The third-order valence-electron chi connectivity index (χ3n) is 5.89. The number of anilines is 1. The number of benzene rings is 3. The SMILES string of the molecule is O=CN(NC1CC1)c1cccc(COc2ccc(S(=O)(=O)CC(CC(=O)O)c3ccccc3)cc2)c1. The molecule has 3 aromatic carbocycles. The molecule has 3 aromatic rings. The minimum atomic E-state index is -3.72. The Morgan fingerprint density at radius 2 is 1.78 bits per heavy atom. The van der Waals surface area contributed by atoms with Crippen molar-refractivity contribution in [1.29, 1.82) is 0 Å². The zero-order valence-electron chi connectivity index (χ0n) is 19.6. The van der Waals surface area contributed by atoms with Gasteiger partial charge in [-0.25, -0.2) is 18.9 Å². The van der Waals surface area contributed by atoms with Crippen LogP contribution in [-0.4, -0.2) is 37.7 Å². The first-order valence-electron chi connectivity index (χ1n) is 11.7. The van der Waals surface area contributed by atoms with Crippen molar-refractivity contribution in [1.82, 2.24) is 5.43 Å². The molecule has 0 radical (unpaired) electrons. The number of carboxylic acid groups (broad SMARTS) is 1. The first-order chi connectivity index (χ1) is 17.3. The fraction of sp³-hybridized carbons (Fsp3) is 0.259. The Kier molecular flexibility index (Phi) is 8.02. The average molecular weight is 509 g/mol. The van der Waals surface area contributed by atoms with Gasteiger partial charge < -0.3 is 9.84 Å². The summed E-state index contributed by atoms with van der Waals surface area (Å²) in [5, 5.41) is 10.7. The Labute approximate surface area is 210 Å². The molecular formula is C27H28N2O6S. The van der Waals surface area contributed by atoms with Crippen LogP contribution in [0.3, 0.4) is 0 Å². The number of rotatable bonds is 13. The number of carboxylic acids is 1. The van der Waals surface area contributed by atoms with E-state index in [1.807, 2.05) is 24.3 Å². The van der Waals surface area contributed by atoms with Gasteiger partial charge in [-0.1, -0.05) is 42.5 Å². The Hall–Kier alpha value is -3.69. The minimum absolute atomic E-state index is 0.107. The van der Waals surface area contributed by atoms with E-state index >= 15 is 0 Å². The van der Waals surface area contributed by atoms with E-state index in [4.69, 9.17) is 4.74 Å². The summed E-state index contributed by atoms with van der Waals surface area (Å²) in [4.78, 5) is 22.9. The lowest BCUT2D eigenvalue weighted by atomic mass is 9.98. The topological polar surface area (TPSA) is 113 Å². The van der Waals surface area contributed by atoms with Crippen molar-refractivity contribution < 1.29 is 27.9 Å². The fourth-order valence-electron chi connectivity index (χ4n) is 3.85. The van der Waals surface area contributed by atoms with Gasteiger partial charge in [0.2, 0.25) is 6.41 Å². The van der Waals surface area contributed by atoms with Gasteiger partial charge in [0.25, 0.3) is 0 Å². The molecule has 0 aromatic heterocycles. The molecule has 0 saturated heterocycles. The monoisotopic (exact) mass is 508 g/mol. The van der Waals surface area contributed by atoms with Crippen LogP contribution in [0.15, 0.2) is 83.8 Å². The second-order valence-electron chi connectivity index (χ2n) is 8.80. The van der Waals surface area contributed by atoms with Crippen LogP contribution in [0.4, 0.5) is 5.69 Å². The molecule has 8 nitrogen and oxygen atoms in total. The molecule has 1 saturated carbocycles. The molecule has 1 amide bonds. The Bertz CT molecular complexity index is 1290. The maximum Gasteiger partial charge on any atom is 0.303 e. The normalized spacial score (nSPS) is 14.1.